The van der Waals surface area contributed by atoms with Gasteiger partial charge in [0.15, 0.2) is 0 Å². The molecule has 118 valence electrons. The molecule has 2 atom stereocenters. The van der Waals surface area contributed by atoms with Crippen molar-refractivity contribution < 1.29 is 8.42 Å². The summed E-state index contributed by atoms with van der Waals surface area (Å²) in [4.78, 5) is 0. The molecule has 2 N–H and O–H groups in total. The topological polar surface area (TPSA) is 58.2 Å². The maximum absolute atomic E-state index is 11.5. The van der Waals surface area contributed by atoms with Gasteiger partial charge in [-0.05, 0) is 50.1 Å². The predicted molar refractivity (Wildman–Crippen MR) is 91.4 cm³/mol. The molecule has 1 aromatic carbocycles. The van der Waals surface area contributed by atoms with Crippen LogP contribution in [0.25, 0.3) is 0 Å². The van der Waals surface area contributed by atoms with E-state index in [1.54, 1.807) is 6.92 Å². The summed E-state index contributed by atoms with van der Waals surface area (Å²) in [6, 6.07) is 7.89. The fourth-order valence-corrected chi connectivity index (χ4v) is 4.18. The second-order valence-corrected chi connectivity index (χ2v) is 8.81. The van der Waals surface area contributed by atoms with Gasteiger partial charge in [-0.2, -0.15) is 11.8 Å². The fraction of sp³-hybridized carbons (Fsp3) is 0.600. The molecule has 2 rings (SSSR count). The van der Waals surface area contributed by atoms with E-state index in [0.717, 1.165) is 11.8 Å². The molecule has 0 aliphatic carbocycles. The third kappa shape index (κ3) is 5.20. The maximum Gasteiger partial charge on any atom is 0.232 e. The van der Waals surface area contributed by atoms with Gasteiger partial charge >= 0.3 is 0 Å². The molecule has 1 aromatic rings. The van der Waals surface area contributed by atoms with Crippen LogP contribution in [0.5, 0.6) is 0 Å². The van der Waals surface area contributed by atoms with Crippen molar-refractivity contribution in [3.8, 4) is 0 Å². The van der Waals surface area contributed by atoms with E-state index in [-0.39, 0.29) is 11.8 Å². The first-order chi connectivity index (χ1) is 10.00. The normalized spacial score (nSPS) is 20.4. The van der Waals surface area contributed by atoms with Crippen molar-refractivity contribution in [3.63, 3.8) is 0 Å². The predicted octanol–water partition coefficient (Wildman–Crippen LogP) is 2.99. The number of nitrogens with one attached hydrogen (secondary N) is 2. The van der Waals surface area contributed by atoms with Gasteiger partial charge in [0, 0.05) is 23.5 Å². The number of hydrogen-bond acceptors (Lipinski definition) is 4. The van der Waals surface area contributed by atoms with Crippen molar-refractivity contribution in [3.05, 3.63) is 29.8 Å². The van der Waals surface area contributed by atoms with Crippen LogP contribution < -0.4 is 10.0 Å². The van der Waals surface area contributed by atoms with Gasteiger partial charge in [0.2, 0.25) is 10.0 Å². The van der Waals surface area contributed by atoms with Gasteiger partial charge in [-0.25, -0.2) is 8.42 Å². The lowest BCUT2D eigenvalue weighted by atomic mass is 10.1. The highest BCUT2D eigenvalue weighted by atomic mass is 32.2. The van der Waals surface area contributed by atoms with Gasteiger partial charge in [0.1, 0.15) is 0 Å². The van der Waals surface area contributed by atoms with Gasteiger partial charge in [-0.3, -0.25) is 4.72 Å². The van der Waals surface area contributed by atoms with Gasteiger partial charge in [-0.1, -0.05) is 12.1 Å². The summed E-state index contributed by atoms with van der Waals surface area (Å²) in [5.41, 5.74) is 1.80. The number of thioether (sulfide) groups is 1. The number of hydrogen-bond donors (Lipinski definition) is 2. The fourth-order valence-electron chi connectivity index (χ4n) is 2.32. The molecule has 1 fully saturated rings. The van der Waals surface area contributed by atoms with Crippen LogP contribution >= 0.6 is 11.8 Å². The first-order valence-electron chi connectivity index (χ1n) is 7.45. The lowest BCUT2D eigenvalue weighted by Gasteiger charge is -2.17. The molecule has 0 spiro atoms. The van der Waals surface area contributed by atoms with Crippen LogP contribution in [0.4, 0.5) is 5.69 Å². The van der Waals surface area contributed by atoms with Gasteiger partial charge < -0.3 is 5.32 Å². The van der Waals surface area contributed by atoms with E-state index in [4.69, 9.17) is 0 Å². The second kappa shape index (κ2) is 7.51. The molecule has 0 saturated carbocycles. The molecule has 0 unspecified atom stereocenters. The van der Waals surface area contributed by atoms with Gasteiger partial charge in [0.05, 0.1) is 5.75 Å². The van der Waals surface area contributed by atoms with Crippen molar-refractivity contribution >= 4 is 27.5 Å². The van der Waals surface area contributed by atoms with Crippen molar-refractivity contribution in [1.29, 1.82) is 0 Å². The summed E-state index contributed by atoms with van der Waals surface area (Å²) >= 11 is 2.05. The zero-order chi connectivity index (χ0) is 15.3. The maximum atomic E-state index is 11.5. The number of sulfonamides is 1. The van der Waals surface area contributed by atoms with E-state index in [2.05, 4.69) is 28.7 Å². The van der Waals surface area contributed by atoms with E-state index in [1.807, 2.05) is 24.3 Å². The monoisotopic (exact) mass is 328 g/mol. The van der Waals surface area contributed by atoms with Crippen molar-refractivity contribution in [2.24, 2.45) is 0 Å². The number of benzene rings is 1. The van der Waals surface area contributed by atoms with E-state index in [1.165, 1.54) is 24.2 Å². The van der Waals surface area contributed by atoms with Gasteiger partial charge in [0.25, 0.3) is 0 Å². The molecule has 0 radical (unpaired) electrons. The zero-order valence-electron chi connectivity index (χ0n) is 12.6. The first-order valence-corrected chi connectivity index (χ1v) is 10.2. The van der Waals surface area contributed by atoms with Crippen LogP contribution in [-0.2, 0) is 10.0 Å². The summed E-state index contributed by atoms with van der Waals surface area (Å²) < 4.78 is 25.6. The third-order valence-electron chi connectivity index (χ3n) is 3.74. The summed E-state index contributed by atoms with van der Waals surface area (Å²) in [5.74, 6) is 1.37. The zero-order valence-corrected chi connectivity index (χ0v) is 14.3. The minimum absolute atomic E-state index is 0.0891. The molecule has 0 aromatic heterocycles. The minimum atomic E-state index is -3.20. The highest BCUT2D eigenvalue weighted by molar-refractivity contribution is 8.00. The van der Waals surface area contributed by atoms with Crippen LogP contribution in [0.15, 0.2) is 24.3 Å². The highest BCUT2D eigenvalue weighted by Crippen LogP contribution is 2.26. The third-order valence-corrected chi connectivity index (χ3v) is 6.44. The average molecular weight is 329 g/mol. The minimum Gasteiger partial charge on any atom is -0.309 e. The molecule has 1 aliphatic rings. The average Bonchev–Trinajstić information content (AvgIpc) is 2.98. The van der Waals surface area contributed by atoms with Crippen LogP contribution in [0, 0.1) is 0 Å². The lowest BCUT2D eigenvalue weighted by Crippen LogP contribution is -2.26. The number of anilines is 1. The second-order valence-electron chi connectivity index (χ2n) is 5.39. The van der Waals surface area contributed by atoms with Crippen molar-refractivity contribution in [2.75, 3.05) is 22.8 Å². The Bertz CT molecular complexity index is 537. The van der Waals surface area contributed by atoms with E-state index in [0.29, 0.717) is 5.69 Å². The van der Waals surface area contributed by atoms with E-state index in [9.17, 15) is 8.42 Å². The van der Waals surface area contributed by atoms with Gasteiger partial charge in [-0.15, -0.1) is 0 Å². The number of rotatable bonds is 7. The Morgan fingerprint density at radius 1 is 1.33 bits per heavy atom. The Morgan fingerprint density at radius 2 is 2.05 bits per heavy atom. The Balaban J connectivity index is 1.88. The molecule has 1 heterocycles. The Morgan fingerprint density at radius 3 is 2.62 bits per heavy atom. The van der Waals surface area contributed by atoms with Crippen molar-refractivity contribution in [2.45, 2.75) is 38.0 Å². The summed E-state index contributed by atoms with van der Waals surface area (Å²) in [7, 11) is -3.20. The Hall–Kier alpha value is -0.720. The van der Waals surface area contributed by atoms with E-state index < -0.39 is 10.0 Å². The first kappa shape index (κ1) is 16.6. The molecule has 6 heteroatoms. The molecule has 4 nitrogen and oxygen atoms in total. The quantitative estimate of drug-likeness (QED) is 0.808. The van der Waals surface area contributed by atoms with Crippen LogP contribution in [0.1, 0.15) is 38.3 Å². The van der Waals surface area contributed by atoms with Crippen LogP contribution in [-0.4, -0.2) is 31.7 Å². The Kier molecular flexibility index (Phi) is 5.96. The van der Waals surface area contributed by atoms with Crippen molar-refractivity contribution in [1.82, 2.24) is 5.32 Å². The smallest absolute Gasteiger partial charge is 0.232 e. The largest absolute Gasteiger partial charge is 0.309 e. The lowest BCUT2D eigenvalue weighted by molar-refractivity contribution is 0.559. The standard InChI is InChI=1S/C15H24N2O2S2/c1-3-21(18,19)17-14-8-6-13(7-9-14)12(2)16-11-15-5-4-10-20-15/h6-9,12,15-17H,3-5,10-11H2,1-2H3/t12-,15+/m1/s1. The SMILES string of the molecule is CCS(=O)(=O)Nc1ccc([C@@H](C)NC[C@@H]2CCCS2)cc1. The van der Waals surface area contributed by atoms with Crippen LogP contribution in [0.2, 0.25) is 0 Å². The molecule has 1 saturated heterocycles. The molecular weight excluding hydrogens is 304 g/mol. The molecule has 0 bridgehead atoms. The summed E-state index contributed by atoms with van der Waals surface area (Å²) in [5, 5.41) is 4.30. The molecule has 0 amide bonds. The molecule has 1 aliphatic heterocycles. The Labute approximate surface area is 132 Å². The summed E-state index contributed by atoms with van der Waals surface area (Å²) in [6.45, 7) is 4.81. The highest BCUT2D eigenvalue weighted by Gasteiger charge is 2.16. The van der Waals surface area contributed by atoms with E-state index >= 15 is 0 Å². The van der Waals surface area contributed by atoms with Crippen LogP contribution in [0.3, 0.4) is 0 Å². The summed E-state index contributed by atoms with van der Waals surface area (Å²) in [6.07, 6.45) is 2.64. The molecular formula is C15H24N2O2S2. The molecule has 21 heavy (non-hydrogen) atoms.